The molecule has 0 aliphatic heterocycles. The Morgan fingerprint density at radius 1 is 1.25 bits per heavy atom. The summed E-state index contributed by atoms with van der Waals surface area (Å²) in [6, 6.07) is 5.07. The second-order valence-electron chi connectivity index (χ2n) is 6.61. The van der Waals surface area contributed by atoms with Gasteiger partial charge in [0.25, 0.3) is 0 Å². The molecule has 0 spiro atoms. The predicted molar refractivity (Wildman–Crippen MR) is 116 cm³/mol. The number of hydrogen-bond donors (Lipinski definition) is 3. The normalized spacial score (nSPS) is 14.1. The van der Waals surface area contributed by atoms with E-state index >= 15 is 0 Å². The highest BCUT2D eigenvalue weighted by Gasteiger charge is 2.24. The average Bonchev–Trinajstić information content (AvgIpc) is 2.57. The van der Waals surface area contributed by atoms with Crippen molar-refractivity contribution in [3.63, 3.8) is 0 Å². The first kappa shape index (κ1) is 24.4. The van der Waals surface area contributed by atoms with Crippen LogP contribution in [-0.4, -0.2) is 38.6 Å². The number of nitrogens with one attached hydrogen (secondary N) is 3. The maximum Gasteiger partial charge on any atom is 0.387 e. The summed E-state index contributed by atoms with van der Waals surface area (Å²) in [5.41, 5.74) is 1.59. The van der Waals surface area contributed by atoms with E-state index in [9.17, 15) is 13.6 Å². The number of hydrogen-bond acceptors (Lipinski definition) is 3. The second-order valence-corrected chi connectivity index (χ2v) is 6.61. The molecule has 0 radical (unpaired) electrons. The highest BCUT2D eigenvalue weighted by Crippen LogP contribution is 2.26. The molecule has 2 rings (SSSR count). The summed E-state index contributed by atoms with van der Waals surface area (Å²) >= 11 is 0. The quantitative estimate of drug-likeness (QED) is 0.207. The Balaban J connectivity index is 0.00000392. The molecule has 6 nitrogen and oxygen atoms in total. The zero-order valence-electron chi connectivity index (χ0n) is 16.3. The van der Waals surface area contributed by atoms with Crippen LogP contribution in [0.1, 0.15) is 36.8 Å². The van der Waals surface area contributed by atoms with Gasteiger partial charge in [-0.1, -0.05) is 24.1 Å². The van der Waals surface area contributed by atoms with Crippen molar-refractivity contribution in [3.05, 3.63) is 29.3 Å². The zero-order valence-corrected chi connectivity index (χ0v) is 18.6. The van der Waals surface area contributed by atoms with Crippen LogP contribution in [0.25, 0.3) is 0 Å². The molecule has 0 bridgehead atoms. The molecule has 1 aliphatic rings. The van der Waals surface area contributed by atoms with Gasteiger partial charge in [0, 0.05) is 38.2 Å². The molecule has 0 atom stereocenters. The lowest BCUT2D eigenvalue weighted by atomic mass is 9.85. The van der Waals surface area contributed by atoms with E-state index in [-0.39, 0.29) is 41.6 Å². The van der Waals surface area contributed by atoms with E-state index in [4.69, 9.17) is 0 Å². The molecule has 1 amide bonds. The first-order valence-corrected chi connectivity index (χ1v) is 9.26. The topological polar surface area (TPSA) is 74.8 Å². The van der Waals surface area contributed by atoms with Crippen molar-refractivity contribution in [1.82, 2.24) is 16.0 Å². The van der Waals surface area contributed by atoms with Gasteiger partial charge in [0.15, 0.2) is 5.96 Å². The van der Waals surface area contributed by atoms with Gasteiger partial charge in [0.1, 0.15) is 5.75 Å². The number of amides is 1. The monoisotopic (exact) mass is 510 g/mol. The van der Waals surface area contributed by atoms with Crippen molar-refractivity contribution in [1.29, 1.82) is 0 Å². The van der Waals surface area contributed by atoms with Crippen LogP contribution in [0.3, 0.4) is 0 Å². The number of rotatable bonds is 9. The number of alkyl halides is 2. The first-order chi connectivity index (χ1) is 13.0. The summed E-state index contributed by atoms with van der Waals surface area (Å²) in [7, 11) is 1.64. The molecule has 9 heteroatoms. The van der Waals surface area contributed by atoms with Crippen LogP contribution in [0.5, 0.6) is 5.75 Å². The van der Waals surface area contributed by atoms with Gasteiger partial charge in [-0.05, 0) is 32.3 Å². The van der Waals surface area contributed by atoms with Crippen LogP contribution in [-0.2, 0) is 11.3 Å². The average molecular weight is 510 g/mol. The number of nitrogens with zero attached hydrogens (tertiary/aromatic N) is 1. The lowest BCUT2D eigenvalue weighted by Gasteiger charge is -2.24. The first-order valence-electron chi connectivity index (χ1n) is 9.26. The number of benzene rings is 1. The number of ether oxygens (including phenoxy) is 1. The molecule has 1 saturated carbocycles. The van der Waals surface area contributed by atoms with Gasteiger partial charge in [-0.25, -0.2) is 0 Å². The van der Waals surface area contributed by atoms with E-state index in [1.165, 1.54) is 0 Å². The Morgan fingerprint density at radius 2 is 1.96 bits per heavy atom. The summed E-state index contributed by atoms with van der Waals surface area (Å²) in [6.07, 6.45) is 3.91. The van der Waals surface area contributed by atoms with Crippen molar-refractivity contribution in [2.24, 2.45) is 10.9 Å². The van der Waals surface area contributed by atoms with Gasteiger partial charge in [-0.2, -0.15) is 8.78 Å². The molecule has 158 valence electrons. The number of carbonyl (C=O) groups excluding carboxylic acids is 1. The summed E-state index contributed by atoms with van der Waals surface area (Å²) in [4.78, 5) is 15.9. The fraction of sp³-hybridized carbons (Fsp3) is 0.579. The van der Waals surface area contributed by atoms with Gasteiger partial charge < -0.3 is 20.7 Å². The maximum atomic E-state index is 12.5. The highest BCUT2D eigenvalue weighted by atomic mass is 127. The van der Waals surface area contributed by atoms with E-state index in [1.807, 2.05) is 6.92 Å². The SMILES string of the molecule is CN=C(NCCCNC(=O)C1CCC1)NCc1cc(C)ccc1OC(F)F.I. The Kier molecular flexibility index (Phi) is 11.1. The van der Waals surface area contributed by atoms with Crippen LogP contribution in [0, 0.1) is 12.8 Å². The molecular weight excluding hydrogens is 481 g/mol. The van der Waals surface area contributed by atoms with E-state index in [1.54, 1.807) is 25.2 Å². The Hall–Kier alpha value is -1.65. The molecule has 1 aromatic carbocycles. The number of carbonyl (C=O) groups is 1. The van der Waals surface area contributed by atoms with Gasteiger partial charge >= 0.3 is 6.61 Å². The van der Waals surface area contributed by atoms with Crippen molar-refractivity contribution in [2.75, 3.05) is 20.1 Å². The van der Waals surface area contributed by atoms with Crippen molar-refractivity contribution in [3.8, 4) is 5.75 Å². The largest absolute Gasteiger partial charge is 0.434 e. The Labute approximate surface area is 181 Å². The Morgan fingerprint density at radius 3 is 2.57 bits per heavy atom. The summed E-state index contributed by atoms with van der Waals surface area (Å²) in [5, 5.41) is 9.17. The molecule has 0 heterocycles. The highest BCUT2D eigenvalue weighted by molar-refractivity contribution is 14.0. The van der Waals surface area contributed by atoms with Gasteiger partial charge in [-0.3, -0.25) is 9.79 Å². The molecule has 1 fully saturated rings. The molecule has 1 aromatic rings. The molecule has 3 N–H and O–H groups in total. The van der Waals surface area contributed by atoms with Crippen molar-refractivity contribution >= 4 is 35.8 Å². The van der Waals surface area contributed by atoms with Gasteiger partial charge in [-0.15, -0.1) is 24.0 Å². The third kappa shape index (κ3) is 8.15. The fourth-order valence-corrected chi connectivity index (χ4v) is 2.78. The van der Waals surface area contributed by atoms with Crippen LogP contribution in [0.15, 0.2) is 23.2 Å². The van der Waals surface area contributed by atoms with E-state index in [2.05, 4.69) is 25.7 Å². The lowest BCUT2D eigenvalue weighted by Crippen LogP contribution is -2.39. The molecule has 1 aliphatic carbocycles. The number of guanidine groups is 1. The minimum absolute atomic E-state index is 0. The molecule has 0 aromatic heterocycles. The molecule has 0 unspecified atom stereocenters. The van der Waals surface area contributed by atoms with Crippen molar-refractivity contribution in [2.45, 2.75) is 45.8 Å². The van der Waals surface area contributed by atoms with Crippen molar-refractivity contribution < 1.29 is 18.3 Å². The van der Waals surface area contributed by atoms with Crippen LogP contribution >= 0.6 is 24.0 Å². The summed E-state index contributed by atoms with van der Waals surface area (Å²) < 4.78 is 29.6. The number of aryl methyl sites for hydroxylation is 1. The van der Waals surface area contributed by atoms with E-state index < -0.39 is 6.61 Å². The molecule has 0 saturated heterocycles. The van der Waals surface area contributed by atoms with Crippen LogP contribution in [0.2, 0.25) is 0 Å². The minimum Gasteiger partial charge on any atom is -0.434 e. The second kappa shape index (κ2) is 12.7. The lowest BCUT2D eigenvalue weighted by molar-refractivity contribution is -0.127. The summed E-state index contributed by atoms with van der Waals surface area (Å²) in [6.45, 7) is 0.587. The number of halogens is 3. The molecular formula is C19H29F2IN4O2. The zero-order chi connectivity index (χ0) is 19.6. The van der Waals surface area contributed by atoms with Gasteiger partial charge in [0.2, 0.25) is 5.91 Å². The molecule has 28 heavy (non-hydrogen) atoms. The fourth-order valence-electron chi connectivity index (χ4n) is 2.78. The Bertz CT molecular complexity index is 655. The van der Waals surface area contributed by atoms with Crippen LogP contribution < -0.4 is 20.7 Å². The number of aliphatic imine (C=N–C) groups is 1. The third-order valence-electron chi connectivity index (χ3n) is 4.52. The van der Waals surface area contributed by atoms with Gasteiger partial charge in [0.05, 0.1) is 0 Å². The standard InChI is InChI=1S/C19H28F2N4O2.HI/c1-13-7-8-16(27-18(20)21)15(11-13)12-25-19(22-2)24-10-4-9-23-17(26)14-5-3-6-14;/h7-8,11,14,18H,3-6,9-10,12H2,1-2H3,(H,23,26)(H2,22,24,25);1H. The smallest absolute Gasteiger partial charge is 0.387 e. The van der Waals surface area contributed by atoms with E-state index in [0.717, 1.165) is 31.2 Å². The summed E-state index contributed by atoms with van der Waals surface area (Å²) in [5.74, 6) is 1.06. The predicted octanol–water partition coefficient (Wildman–Crippen LogP) is 3.19. The maximum absolute atomic E-state index is 12.5. The van der Waals surface area contributed by atoms with Crippen LogP contribution in [0.4, 0.5) is 8.78 Å². The third-order valence-corrected chi connectivity index (χ3v) is 4.52. The minimum atomic E-state index is -2.86. The van der Waals surface area contributed by atoms with E-state index in [0.29, 0.717) is 31.2 Å².